The number of nitrogens with zero attached hydrogens (tertiary/aromatic N) is 2. The van der Waals surface area contributed by atoms with Crippen LogP contribution in [-0.2, 0) is 11.2 Å². The Morgan fingerprint density at radius 2 is 1.79 bits per heavy atom. The van der Waals surface area contributed by atoms with E-state index >= 15 is 0 Å². The molecule has 0 bridgehead atoms. The number of rotatable bonds is 4. The van der Waals surface area contributed by atoms with E-state index in [2.05, 4.69) is 31.2 Å². The van der Waals surface area contributed by atoms with Gasteiger partial charge in [0.05, 0.1) is 24.0 Å². The van der Waals surface area contributed by atoms with Crippen molar-refractivity contribution in [2.24, 2.45) is 0 Å². The summed E-state index contributed by atoms with van der Waals surface area (Å²) in [6.07, 6.45) is 1.98. The summed E-state index contributed by atoms with van der Waals surface area (Å²) < 4.78 is 0.991. The van der Waals surface area contributed by atoms with Crippen LogP contribution in [0.3, 0.4) is 0 Å². The number of benzene rings is 2. The molecule has 1 amide bonds. The molecule has 0 atom stereocenters. The largest absolute Gasteiger partial charge is 0.309 e. The number of amides is 1. The van der Waals surface area contributed by atoms with Crippen molar-refractivity contribution in [3.8, 4) is 11.3 Å². The van der Waals surface area contributed by atoms with Gasteiger partial charge in [-0.25, -0.2) is 9.97 Å². The first kappa shape index (κ1) is 16.3. The number of hydrogen-bond donors (Lipinski definition) is 1. The first-order valence-corrected chi connectivity index (χ1v) is 8.34. The minimum absolute atomic E-state index is 0.109. The Labute approximate surface area is 149 Å². The van der Waals surface area contributed by atoms with Crippen LogP contribution in [0.4, 0.5) is 5.82 Å². The number of anilines is 1. The van der Waals surface area contributed by atoms with Gasteiger partial charge in [0.1, 0.15) is 0 Å². The van der Waals surface area contributed by atoms with Crippen molar-refractivity contribution >= 4 is 27.7 Å². The van der Waals surface area contributed by atoms with Gasteiger partial charge in [0.2, 0.25) is 5.91 Å². The maximum absolute atomic E-state index is 12.2. The van der Waals surface area contributed by atoms with Gasteiger partial charge in [-0.3, -0.25) is 4.79 Å². The van der Waals surface area contributed by atoms with Gasteiger partial charge in [0.25, 0.3) is 0 Å². The second kappa shape index (κ2) is 7.36. The van der Waals surface area contributed by atoms with Gasteiger partial charge < -0.3 is 5.32 Å². The molecule has 0 saturated carbocycles. The summed E-state index contributed by atoms with van der Waals surface area (Å²) in [5, 5.41) is 2.83. The molecule has 0 fully saturated rings. The van der Waals surface area contributed by atoms with Crippen LogP contribution in [0.25, 0.3) is 11.3 Å². The fraction of sp³-hybridized carbons (Fsp3) is 0.105. The van der Waals surface area contributed by atoms with E-state index in [0.717, 1.165) is 21.3 Å². The summed E-state index contributed by atoms with van der Waals surface area (Å²) in [6.45, 7) is 1.84. The molecule has 2 aromatic carbocycles. The van der Waals surface area contributed by atoms with Crippen molar-refractivity contribution in [2.45, 2.75) is 13.3 Å². The quantitative estimate of drug-likeness (QED) is 0.728. The van der Waals surface area contributed by atoms with E-state index in [1.54, 1.807) is 6.20 Å². The number of halogens is 1. The molecule has 1 N–H and O–H groups in total. The summed E-state index contributed by atoms with van der Waals surface area (Å²) in [5.74, 6) is 0.388. The van der Waals surface area contributed by atoms with Crippen molar-refractivity contribution in [3.63, 3.8) is 0 Å². The molecule has 0 aliphatic carbocycles. The Morgan fingerprint density at radius 1 is 1.08 bits per heavy atom. The SMILES string of the molecule is Cc1nc(-c2ccccc2)cnc1NC(=O)Cc1ccc(Br)cc1. The molecule has 120 valence electrons. The Hall–Kier alpha value is -2.53. The second-order valence-corrected chi connectivity index (χ2v) is 6.32. The van der Waals surface area contributed by atoms with Crippen LogP contribution in [0.5, 0.6) is 0 Å². The highest BCUT2D eigenvalue weighted by atomic mass is 79.9. The number of hydrogen-bond acceptors (Lipinski definition) is 3. The molecule has 0 spiro atoms. The van der Waals surface area contributed by atoms with E-state index in [1.807, 2.05) is 61.5 Å². The van der Waals surface area contributed by atoms with Crippen molar-refractivity contribution < 1.29 is 4.79 Å². The van der Waals surface area contributed by atoms with Gasteiger partial charge >= 0.3 is 0 Å². The number of aromatic nitrogens is 2. The third-order valence-electron chi connectivity index (χ3n) is 3.55. The van der Waals surface area contributed by atoms with Gasteiger partial charge in [-0.15, -0.1) is 0 Å². The molecule has 5 heteroatoms. The molecule has 3 rings (SSSR count). The molecule has 1 aromatic heterocycles. The summed E-state index contributed by atoms with van der Waals surface area (Å²) in [6, 6.07) is 17.5. The normalized spacial score (nSPS) is 10.4. The maximum atomic E-state index is 12.2. The lowest BCUT2D eigenvalue weighted by Gasteiger charge is -2.09. The lowest BCUT2D eigenvalue weighted by molar-refractivity contribution is -0.115. The van der Waals surface area contributed by atoms with Crippen molar-refractivity contribution in [2.75, 3.05) is 5.32 Å². The van der Waals surface area contributed by atoms with E-state index in [4.69, 9.17) is 0 Å². The Kier molecular flexibility index (Phi) is 5.01. The minimum Gasteiger partial charge on any atom is -0.309 e. The summed E-state index contributed by atoms with van der Waals surface area (Å²) in [7, 11) is 0. The fourth-order valence-corrected chi connectivity index (χ4v) is 2.58. The standard InChI is InChI=1S/C19H16BrN3O/c1-13-19(21-12-17(22-13)15-5-3-2-4-6-15)23-18(24)11-14-7-9-16(20)10-8-14/h2-10,12H,11H2,1H3,(H,21,23,24). The fourth-order valence-electron chi connectivity index (χ4n) is 2.32. The molecule has 0 unspecified atom stereocenters. The van der Waals surface area contributed by atoms with E-state index in [0.29, 0.717) is 17.9 Å². The van der Waals surface area contributed by atoms with Gasteiger partial charge in [-0.1, -0.05) is 58.4 Å². The highest BCUT2D eigenvalue weighted by Gasteiger charge is 2.09. The van der Waals surface area contributed by atoms with Gasteiger partial charge in [-0.2, -0.15) is 0 Å². The molecule has 0 aliphatic rings. The van der Waals surface area contributed by atoms with Crippen molar-refractivity contribution in [1.29, 1.82) is 0 Å². The Bertz CT molecular complexity index is 848. The zero-order valence-corrected chi connectivity index (χ0v) is 14.7. The van der Waals surface area contributed by atoms with Gasteiger partial charge in [-0.05, 0) is 24.6 Å². The molecule has 0 aliphatic heterocycles. The molecule has 4 nitrogen and oxygen atoms in total. The van der Waals surface area contributed by atoms with Crippen LogP contribution in [0.2, 0.25) is 0 Å². The van der Waals surface area contributed by atoms with Crippen LogP contribution in [0, 0.1) is 6.92 Å². The molecular weight excluding hydrogens is 366 g/mol. The van der Waals surface area contributed by atoms with Crippen LogP contribution in [0.15, 0.2) is 65.3 Å². The van der Waals surface area contributed by atoms with Gasteiger partial charge in [0, 0.05) is 10.0 Å². The van der Waals surface area contributed by atoms with E-state index < -0.39 is 0 Å². The maximum Gasteiger partial charge on any atom is 0.229 e. The average molecular weight is 382 g/mol. The molecule has 0 saturated heterocycles. The number of carbonyl (C=O) groups excluding carboxylic acids is 1. The zero-order chi connectivity index (χ0) is 16.9. The first-order chi connectivity index (χ1) is 11.6. The first-order valence-electron chi connectivity index (χ1n) is 7.55. The Balaban J connectivity index is 1.71. The predicted octanol–water partition coefficient (Wildman–Crippen LogP) is 4.40. The van der Waals surface area contributed by atoms with E-state index in [1.165, 1.54) is 0 Å². The van der Waals surface area contributed by atoms with Crippen LogP contribution in [-0.4, -0.2) is 15.9 Å². The van der Waals surface area contributed by atoms with Crippen LogP contribution < -0.4 is 5.32 Å². The summed E-state index contributed by atoms with van der Waals surface area (Å²) >= 11 is 3.38. The molecule has 0 radical (unpaired) electrons. The van der Waals surface area contributed by atoms with Crippen molar-refractivity contribution in [1.82, 2.24) is 9.97 Å². The zero-order valence-electron chi connectivity index (χ0n) is 13.2. The minimum atomic E-state index is -0.109. The lowest BCUT2D eigenvalue weighted by Crippen LogP contribution is -2.16. The van der Waals surface area contributed by atoms with Gasteiger partial charge in [0.15, 0.2) is 5.82 Å². The molecular formula is C19H16BrN3O. The smallest absolute Gasteiger partial charge is 0.229 e. The van der Waals surface area contributed by atoms with E-state index in [9.17, 15) is 4.79 Å². The number of carbonyl (C=O) groups is 1. The average Bonchev–Trinajstić information content (AvgIpc) is 2.59. The van der Waals surface area contributed by atoms with Crippen LogP contribution >= 0.6 is 15.9 Å². The van der Waals surface area contributed by atoms with Crippen molar-refractivity contribution in [3.05, 3.63) is 76.5 Å². The van der Waals surface area contributed by atoms with E-state index in [-0.39, 0.29) is 5.91 Å². The monoisotopic (exact) mass is 381 g/mol. The highest BCUT2D eigenvalue weighted by molar-refractivity contribution is 9.10. The third kappa shape index (κ3) is 4.06. The predicted molar refractivity (Wildman–Crippen MR) is 98.7 cm³/mol. The molecule has 1 heterocycles. The topological polar surface area (TPSA) is 54.9 Å². The summed E-state index contributed by atoms with van der Waals surface area (Å²) in [4.78, 5) is 21.1. The molecule has 24 heavy (non-hydrogen) atoms. The third-order valence-corrected chi connectivity index (χ3v) is 4.08. The highest BCUT2D eigenvalue weighted by Crippen LogP contribution is 2.19. The Morgan fingerprint density at radius 3 is 2.46 bits per heavy atom. The number of aryl methyl sites for hydroxylation is 1. The van der Waals surface area contributed by atoms with Crippen LogP contribution in [0.1, 0.15) is 11.3 Å². The second-order valence-electron chi connectivity index (χ2n) is 5.41. The lowest BCUT2D eigenvalue weighted by atomic mass is 10.1. The molecule has 3 aromatic rings. The summed E-state index contributed by atoms with van der Waals surface area (Å²) in [5.41, 5.74) is 3.43. The number of nitrogens with one attached hydrogen (secondary N) is 1.